The number of carbonyl (C=O) groups excluding carboxylic acids is 2. The van der Waals surface area contributed by atoms with Crippen molar-refractivity contribution in [2.24, 2.45) is 0 Å². The highest BCUT2D eigenvalue weighted by Crippen LogP contribution is 2.23. The summed E-state index contributed by atoms with van der Waals surface area (Å²) in [4.78, 5) is 24.3. The first-order valence-electron chi connectivity index (χ1n) is 10.1. The molecule has 0 saturated carbocycles. The highest BCUT2D eigenvalue weighted by molar-refractivity contribution is 5.94. The molecule has 4 nitrogen and oxygen atoms in total. The molecule has 2 N–H and O–H groups in total. The number of benzene rings is 3. The number of amides is 2. The van der Waals surface area contributed by atoms with Gasteiger partial charge in [-0.05, 0) is 29.7 Å². The fourth-order valence-corrected chi connectivity index (χ4v) is 3.32. The second-order valence-corrected chi connectivity index (χ2v) is 7.16. The Morgan fingerprint density at radius 2 is 1.42 bits per heavy atom. The summed E-state index contributed by atoms with van der Waals surface area (Å²) in [5, 5.41) is 5.51. The van der Waals surface area contributed by atoms with Gasteiger partial charge in [-0.3, -0.25) is 9.59 Å². The zero-order valence-electron chi connectivity index (χ0n) is 17.0. The molecule has 160 valence electrons. The molecule has 6 heteroatoms. The lowest BCUT2D eigenvalue weighted by Crippen LogP contribution is -2.30. The van der Waals surface area contributed by atoms with Crippen LogP contribution >= 0.6 is 0 Å². The van der Waals surface area contributed by atoms with E-state index >= 15 is 0 Å². The maximum Gasteiger partial charge on any atom is 0.254 e. The lowest BCUT2D eigenvalue weighted by atomic mass is 9.91. The Labute approximate surface area is 180 Å². The molecule has 0 radical (unpaired) electrons. The molecule has 0 bridgehead atoms. The van der Waals surface area contributed by atoms with Crippen molar-refractivity contribution < 1.29 is 18.4 Å². The summed E-state index contributed by atoms with van der Waals surface area (Å²) in [7, 11) is 0. The van der Waals surface area contributed by atoms with Gasteiger partial charge in [0.2, 0.25) is 5.91 Å². The van der Waals surface area contributed by atoms with Crippen LogP contribution in [-0.4, -0.2) is 24.9 Å². The smallest absolute Gasteiger partial charge is 0.254 e. The average molecular weight is 422 g/mol. The van der Waals surface area contributed by atoms with Crippen LogP contribution in [0, 0.1) is 11.6 Å². The Hall–Kier alpha value is -3.54. The van der Waals surface area contributed by atoms with Crippen LogP contribution in [0.4, 0.5) is 8.78 Å². The van der Waals surface area contributed by atoms with E-state index in [2.05, 4.69) is 10.6 Å². The van der Waals surface area contributed by atoms with Gasteiger partial charge in [-0.1, -0.05) is 60.7 Å². The van der Waals surface area contributed by atoms with Gasteiger partial charge in [-0.25, -0.2) is 8.78 Å². The molecule has 31 heavy (non-hydrogen) atoms. The predicted molar refractivity (Wildman–Crippen MR) is 116 cm³/mol. The van der Waals surface area contributed by atoms with E-state index in [1.54, 1.807) is 0 Å². The van der Waals surface area contributed by atoms with Gasteiger partial charge in [0.15, 0.2) is 0 Å². The molecule has 0 spiro atoms. The summed E-state index contributed by atoms with van der Waals surface area (Å²) < 4.78 is 26.6. The minimum absolute atomic E-state index is 0.0347. The summed E-state index contributed by atoms with van der Waals surface area (Å²) in [6.45, 7) is 0.671. The highest BCUT2D eigenvalue weighted by atomic mass is 19.1. The molecule has 0 atom stereocenters. The fourth-order valence-electron chi connectivity index (χ4n) is 3.32. The van der Waals surface area contributed by atoms with Gasteiger partial charge >= 0.3 is 0 Å². The number of halogens is 2. The van der Waals surface area contributed by atoms with Crippen LogP contribution in [0.15, 0.2) is 78.9 Å². The van der Waals surface area contributed by atoms with E-state index < -0.39 is 17.5 Å². The van der Waals surface area contributed by atoms with Gasteiger partial charge < -0.3 is 10.6 Å². The molecule has 0 aromatic heterocycles. The Morgan fingerprint density at radius 1 is 0.806 bits per heavy atom. The highest BCUT2D eigenvalue weighted by Gasteiger charge is 2.15. The first-order chi connectivity index (χ1) is 15.0. The third-order valence-corrected chi connectivity index (χ3v) is 4.95. The van der Waals surface area contributed by atoms with Gasteiger partial charge in [-0.15, -0.1) is 0 Å². The largest absolute Gasteiger partial charge is 0.355 e. The molecule has 0 aliphatic heterocycles. The second-order valence-electron chi connectivity index (χ2n) is 7.16. The van der Waals surface area contributed by atoms with E-state index in [0.717, 1.165) is 23.3 Å². The van der Waals surface area contributed by atoms with Crippen LogP contribution in [0.1, 0.15) is 40.2 Å². The first kappa shape index (κ1) is 22.2. The van der Waals surface area contributed by atoms with Crippen LogP contribution in [0.2, 0.25) is 0 Å². The van der Waals surface area contributed by atoms with Gasteiger partial charge in [0.1, 0.15) is 11.6 Å². The van der Waals surface area contributed by atoms with Crippen molar-refractivity contribution in [2.45, 2.75) is 18.8 Å². The maximum absolute atomic E-state index is 13.6. The van der Waals surface area contributed by atoms with Crippen LogP contribution in [0.25, 0.3) is 0 Å². The molecule has 3 rings (SSSR count). The number of hydrogen-bond acceptors (Lipinski definition) is 2. The number of rotatable bonds is 9. The van der Waals surface area contributed by atoms with E-state index in [4.69, 9.17) is 0 Å². The number of carbonyl (C=O) groups is 2. The molecule has 0 aliphatic rings. The Kier molecular flexibility index (Phi) is 7.87. The van der Waals surface area contributed by atoms with Crippen molar-refractivity contribution in [3.8, 4) is 0 Å². The van der Waals surface area contributed by atoms with E-state index in [1.165, 1.54) is 0 Å². The normalized spacial score (nSPS) is 10.7. The monoisotopic (exact) mass is 422 g/mol. The van der Waals surface area contributed by atoms with Crippen molar-refractivity contribution in [3.63, 3.8) is 0 Å². The molecule has 0 heterocycles. The van der Waals surface area contributed by atoms with Crippen LogP contribution in [0.5, 0.6) is 0 Å². The molecular weight excluding hydrogens is 398 g/mol. The van der Waals surface area contributed by atoms with Crippen molar-refractivity contribution in [1.29, 1.82) is 0 Å². The summed E-state index contributed by atoms with van der Waals surface area (Å²) in [5.74, 6) is -2.38. The predicted octanol–water partition coefficient (Wildman–Crippen LogP) is 4.42. The van der Waals surface area contributed by atoms with Crippen molar-refractivity contribution >= 4 is 11.8 Å². The molecular formula is C25H24F2N2O2. The Balaban J connectivity index is 1.47. The minimum atomic E-state index is -0.914. The van der Waals surface area contributed by atoms with E-state index in [1.807, 2.05) is 60.7 Å². The molecule has 0 aliphatic carbocycles. The second kappa shape index (κ2) is 11.0. The van der Waals surface area contributed by atoms with Crippen molar-refractivity contribution in [1.82, 2.24) is 10.6 Å². The van der Waals surface area contributed by atoms with Crippen molar-refractivity contribution in [2.75, 3.05) is 13.1 Å². The minimum Gasteiger partial charge on any atom is -0.355 e. The van der Waals surface area contributed by atoms with Gasteiger partial charge in [0.25, 0.3) is 5.91 Å². The molecule has 0 saturated heterocycles. The van der Waals surface area contributed by atoms with Crippen LogP contribution in [-0.2, 0) is 4.79 Å². The van der Waals surface area contributed by atoms with Crippen LogP contribution in [0.3, 0.4) is 0 Å². The third kappa shape index (κ3) is 6.47. The van der Waals surface area contributed by atoms with Gasteiger partial charge in [0.05, 0.1) is 5.56 Å². The van der Waals surface area contributed by atoms with E-state index in [-0.39, 0.29) is 30.4 Å². The average Bonchev–Trinajstić information content (AvgIpc) is 2.78. The topological polar surface area (TPSA) is 58.2 Å². The summed E-state index contributed by atoms with van der Waals surface area (Å²) in [5.41, 5.74) is 2.00. The SMILES string of the molecule is O=C(CCCNC(=O)c1ccc(F)cc1F)NCC(c1ccccc1)c1ccccc1. The lowest BCUT2D eigenvalue weighted by Gasteiger charge is -2.19. The summed E-state index contributed by atoms with van der Waals surface area (Å²) in [6.07, 6.45) is 0.629. The van der Waals surface area contributed by atoms with Crippen LogP contribution < -0.4 is 10.6 Å². The standard InChI is InChI=1S/C25H24F2N2O2/c26-20-13-14-21(23(27)16-20)25(31)28-15-7-12-24(30)29-17-22(18-8-3-1-4-9-18)19-10-5-2-6-11-19/h1-6,8-11,13-14,16,22H,7,12,15,17H2,(H,28,31)(H,29,30). The number of nitrogens with one attached hydrogen (secondary N) is 2. The maximum atomic E-state index is 13.6. The molecule has 0 unspecified atom stereocenters. The zero-order valence-corrected chi connectivity index (χ0v) is 17.0. The summed E-state index contributed by atoms with van der Waals surface area (Å²) >= 11 is 0. The quantitative estimate of drug-likeness (QED) is 0.502. The van der Waals surface area contributed by atoms with Gasteiger partial charge in [0, 0.05) is 31.5 Å². The molecule has 2 amide bonds. The molecule has 0 fully saturated rings. The van der Waals surface area contributed by atoms with Gasteiger partial charge in [-0.2, -0.15) is 0 Å². The molecule has 3 aromatic carbocycles. The number of hydrogen-bond donors (Lipinski definition) is 2. The Bertz CT molecular complexity index is 971. The lowest BCUT2D eigenvalue weighted by molar-refractivity contribution is -0.121. The Morgan fingerprint density at radius 3 is 2.00 bits per heavy atom. The van der Waals surface area contributed by atoms with Crippen molar-refractivity contribution in [3.05, 3.63) is 107 Å². The fraction of sp³-hybridized carbons (Fsp3) is 0.200. The third-order valence-electron chi connectivity index (χ3n) is 4.95. The summed E-state index contributed by atoms with van der Waals surface area (Å²) in [6, 6.07) is 22.7. The first-order valence-corrected chi connectivity index (χ1v) is 10.1. The zero-order chi connectivity index (χ0) is 22.1. The van der Waals surface area contributed by atoms with E-state index in [9.17, 15) is 18.4 Å². The molecule has 3 aromatic rings. The van der Waals surface area contributed by atoms with E-state index in [0.29, 0.717) is 19.0 Å².